The molecular formula is C18H27ClN2O2. The third-order valence-electron chi connectivity index (χ3n) is 5.25. The minimum Gasteiger partial charge on any atom is -0.494 e. The SMILES string of the molecule is CCOc1ccc(NC(=O)[C@@]23CCCC[C@H]2CNC3)c(C)c1.Cl. The van der Waals surface area contributed by atoms with Crippen molar-refractivity contribution in [2.75, 3.05) is 25.0 Å². The quantitative estimate of drug-likeness (QED) is 0.883. The maximum absolute atomic E-state index is 13.0. The van der Waals surface area contributed by atoms with Crippen molar-refractivity contribution in [3.8, 4) is 5.75 Å². The Kier molecular flexibility index (Phi) is 5.93. The number of fused-ring (bicyclic) bond motifs is 1. The van der Waals surface area contributed by atoms with Crippen molar-refractivity contribution in [1.82, 2.24) is 5.32 Å². The van der Waals surface area contributed by atoms with Crippen LogP contribution in [0.15, 0.2) is 18.2 Å². The highest BCUT2D eigenvalue weighted by molar-refractivity contribution is 5.96. The second-order valence-corrected chi connectivity index (χ2v) is 6.59. The lowest BCUT2D eigenvalue weighted by atomic mass is 9.67. The van der Waals surface area contributed by atoms with Gasteiger partial charge in [0.1, 0.15) is 5.75 Å². The molecule has 0 radical (unpaired) electrons. The van der Waals surface area contributed by atoms with Crippen LogP contribution in [0, 0.1) is 18.3 Å². The third-order valence-corrected chi connectivity index (χ3v) is 5.25. The molecule has 2 atom stereocenters. The van der Waals surface area contributed by atoms with E-state index in [0.717, 1.165) is 42.9 Å². The lowest BCUT2D eigenvalue weighted by Gasteiger charge is -2.37. The van der Waals surface area contributed by atoms with Crippen molar-refractivity contribution in [3.63, 3.8) is 0 Å². The van der Waals surface area contributed by atoms with E-state index >= 15 is 0 Å². The highest BCUT2D eigenvalue weighted by Gasteiger charge is 2.49. The molecule has 0 aromatic heterocycles. The predicted octanol–water partition coefficient (Wildman–Crippen LogP) is 3.53. The van der Waals surface area contributed by atoms with Crippen molar-refractivity contribution in [2.24, 2.45) is 11.3 Å². The Hall–Kier alpha value is -1.26. The molecule has 1 saturated heterocycles. The molecule has 1 amide bonds. The highest BCUT2D eigenvalue weighted by Crippen LogP contribution is 2.44. The van der Waals surface area contributed by atoms with Crippen molar-refractivity contribution >= 4 is 24.0 Å². The van der Waals surface area contributed by atoms with Gasteiger partial charge in [0.15, 0.2) is 0 Å². The van der Waals surface area contributed by atoms with Gasteiger partial charge in [0.05, 0.1) is 12.0 Å². The molecule has 2 fully saturated rings. The zero-order valence-corrected chi connectivity index (χ0v) is 14.8. The summed E-state index contributed by atoms with van der Waals surface area (Å²) in [6.45, 7) is 6.44. The van der Waals surface area contributed by atoms with Gasteiger partial charge in [0.25, 0.3) is 0 Å². The summed E-state index contributed by atoms with van der Waals surface area (Å²) < 4.78 is 5.51. The molecule has 3 rings (SSSR count). The van der Waals surface area contributed by atoms with Crippen LogP contribution in [0.25, 0.3) is 0 Å². The van der Waals surface area contributed by atoms with Crippen LogP contribution in [0.5, 0.6) is 5.75 Å². The number of aryl methyl sites for hydroxylation is 1. The van der Waals surface area contributed by atoms with Crippen LogP contribution in [0.3, 0.4) is 0 Å². The Bertz CT molecular complexity index is 564. The van der Waals surface area contributed by atoms with Crippen molar-refractivity contribution in [2.45, 2.75) is 39.5 Å². The fraction of sp³-hybridized carbons (Fsp3) is 0.611. The number of rotatable bonds is 4. The summed E-state index contributed by atoms with van der Waals surface area (Å²) in [6, 6.07) is 5.87. The largest absolute Gasteiger partial charge is 0.494 e. The van der Waals surface area contributed by atoms with Crippen LogP contribution >= 0.6 is 12.4 Å². The molecule has 128 valence electrons. The van der Waals surface area contributed by atoms with Crippen LogP contribution in [-0.4, -0.2) is 25.6 Å². The smallest absolute Gasteiger partial charge is 0.232 e. The molecule has 1 aromatic rings. The molecule has 1 heterocycles. The Morgan fingerprint density at radius 3 is 3.00 bits per heavy atom. The van der Waals surface area contributed by atoms with Crippen molar-refractivity contribution in [3.05, 3.63) is 23.8 Å². The summed E-state index contributed by atoms with van der Waals surface area (Å²) in [4.78, 5) is 13.0. The van der Waals surface area contributed by atoms with E-state index in [1.54, 1.807) is 0 Å². The maximum Gasteiger partial charge on any atom is 0.232 e. The molecule has 1 aliphatic carbocycles. The standard InChI is InChI=1S/C18H26N2O2.ClH/c1-3-22-15-7-8-16(13(2)10-15)20-17(21)18-9-5-4-6-14(18)11-19-12-18;/h7-8,10,14,19H,3-6,9,11-12H2,1-2H3,(H,20,21);1H/t14-,18+;/m0./s1. The van der Waals surface area contributed by atoms with Gasteiger partial charge >= 0.3 is 0 Å². The summed E-state index contributed by atoms with van der Waals surface area (Å²) in [5, 5.41) is 6.61. The van der Waals surface area contributed by atoms with Gasteiger partial charge in [0, 0.05) is 12.2 Å². The zero-order chi connectivity index (χ0) is 15.6. The number of nitrogens with one attached hydrogen (secondary N) is 2. The molecule has 0 spiro atoms. The van der Waals surface area contributed by atoms with E-state index in [9.17, 15) is 4.79 Å². The van der Waals surface area contributed by atoms with Gasteiger partial charge in [-0.1, -0.05) is 12.8 Å². The van der Waals surface area contributed by atoms with Gasteiger partial charge in [-0.05, 0) is 62.9 Å². The number of carbonyl (C=O) groups excluding carboxylic acids is 1. The van der Waals surface area contributed by atoms with E-state index in [0.29, 0.717) is 12.5 Å². The van der Waals surface area contributed by atoms with Crippen LogP contribution in [-0.2, 0) is 4.79 Å². The zero-order valence-electron chi connectivity index (χ0n) is 14.0. The molecule has 23 heavy (non-hydrogen) atoms. The number of carbonyl (C=O) groups is 1. The lowest BCUT2D eigenvalue weighted by Crippen LogP contribution is -2.44. The van der Waals surface area contributed by atoms with Gasteiger partial charge in [0.2, 0.25) is 5.91 Å². The molecule has 1 saturated carbocycles. The van der Waals surface area contributed by atoms with Crippen LogP contribution in [0.2, 0.25) is 0 Å². The molecule has 5 heteroatoms. The molecule has 4 nitrogen and oxygen atoms in total. The summed E-state index contributed by atoms with van der Waals surface area (Å²) in [5.74, 6) is 1.54. The van der Waals surface area contributed by atoms with Crippen LogP contribution < -0.4 is 15.4 Å². The van der Waals surface area contributed by atoms with Crippen LogP contribution in [0.1, 0.15) is 38.2 Å². The highest BCUT2D eigenvalue weighted by atomic mass is 35.5. The summed E-state index contributed by atoms with van der Waals surface area (Å²) in [7, 11) is 0. The van der Waals surface area contributed by atoms with E-state index in [-0.39, 0.29) is 23.7 Å². The van der Waals surface area contributed by atoms with E-state index in [1.807, 2.05) is 32.0 Å². The first kappa shape index (κ1) is 18.1. The Morgan fingerprint density at radius 1 is 1.43 bits per heavy atom. The predicted molar refractivity (Wildman–Crippen MR) is 95.5 cm³/mol. The second-order valence-electron chi connectivity index (χ2n) is 6.59. The first-order chi connectivity index (χ1) is 10.7. The molecule has 2 aliphatic rings. The number of hydrogen-bond donors (Lipinski definition) is 2. The van der Waals surface area contributed by atoms with Crippen LogP contribution in [0.4, 0.5) is 5.69 Å². The lowest BCUT2D eigenvalue weighted by molar-refractivity contribution is -0.128. The number of ether oxygens (including phenoxy) is 1. The Morgan fingerprint density at radius 2 is 2.26 bits per heavy atom. The fourth-order valence-corrected chi connectivity index (χ4v) is 3.97. The molecule has 2 N–H and O–H groups in total. The monoisotopic (exact) mass is 338 g/mol. The average molecular weight is 339 g/mol. The van der Waals surface area contributed by atoms with Gasteiger partial charge in [-0.2, -0.15) is 0 Å². The molecule has 0 unspecified atom stereocenters. The Balaban J connectivity index is 0.00000192. The molecular weight excluding hydrogens is 312 g/mol. The molecule has 1 aromatic carbocycles. The van der Waals surface area contributed by atoms with Gasteiger partial charge in [-0.25, -0.2) is 0 Å². The topological polar surface area (TPSA) is 50.4 Å². The average Bonchev–Trinajstić information content (AvgIpc) is 2.95. The minimum atomic E-state index is -0.205. The van der Waals surface area contributed by atoms with E-state index in [2.05, 4.69) is 10.6 Å². The first-order valence-electron chi connectivity index (χ1n) is 8.41. The minimum absolute atomic E-state index is 0. The number of benzene rings is 1. The normalized spacial score (nSPS) is 26.1. The van der Waals surface area contributed by atoms with E-state index < -0.39 is 0 Å². The number of hydrogen-bond acceptors (Lipinski definition) is 3. The molecule has 0 bridgehead atoms. The number of halogens is 1. The summed E-state index contributed by atoms with van der Waals surface area (Å²) >= 11 is 0. The van der Waals surface area contributed by atoms with Gasteiger partial charge in [-0.15, -0.1) is 12.4 Å². The van der Waals surface area contributed by atoms with Gasteiger partial charge < -0.3 is 15.4 Å². The van der Waals surface area contributed by atoms with Crippen molar-refractivity contribution in [1.29, 1.82) is 0 Å². The van der Waals surface area contributed by atoms with E-state index in [1.165, 1.54) is 12.8 Å². The molecule has 1 aliphatic heterocycles. The van der Waals surface area contributed by atoms with Crippen molar-refractivity contribution < 1.29 is 9.53 Å². The van der Waals surface area contributed by atoms with Gasteiger partial charge in [-0.3, -0.25) is 4.79 Å². The Labute approximate surface area is 144 Å². The van der Waals surface area contributed by atoms with E-state index in [4.69, 9.17) is 4.74 Å². The third kappa shape index (κ3) is 3.48. The first-order valence-corrected chi connectivity index (χ1v) is 8.41. The summed E-state index contributed by atoms with van der Waals surface area (Å²) in [6.07, 6.45) is 4.59. The second kappa shape index (κ2) is 7.54. The fourth-order valence-electron chi connectivity index (χ4n) is 3.97. The number of anilines is 1. The maximum atomic E-state index is 13.0. The summed E-state index contributed by atoms with van der Waals surface area (Å²) in [5.41, 5.74) is 1.75. The number of amides is 1.